The van der Waals surface area contributed by atoms with E-state index in [-0.39, 0.29) is 22.1 Å². The Bertz CT molecular complexity index is 1320. The summed E-state index contributed by atoms with van der Waals surface area (Å²) in [6.07, 6.45) is 0.559. The van der Waals surface area contributed by atoms with Gasteiger partial charge in [0.2, 0.25) is 15.9 Å². The van der Waals surface area contributed by atoms with Crippen LogP contribution in [0.4, 0.5) is 11.4 Å². The van der Waals surface area contributed by atoms with Crippen LogP contribution in [0.3, 0.4) is 0 Å². The lowest BCUT2D eigenvalue weighted by molar-refractivity contribution is -0.116. The molecule has 0 unspecified atom stereocenters. The Balaban J connectivity index is 1.64. The van der Waals surface area contributed by atoms with Gasteiger partial charge in [-0.05, 0) is 60.9 Å². The van der Waals surface area contributed by atoms with Gasteiger partial charge in [-0.3, -0.25) is 9.52 Å². The molecule has 0 heterocycles. The molecule has 0 aliphatic rings. The first-order chi connectivity index (χ1) is 15.0. The minimum Gasteiger partial charge on any atom is -0.326 e. The minimum absolute atomic E-state index is 0.0100. The predicted octanol–water partition coefficient (Wildman–Crippen LogP) is 3.01. The van der Waals surface area contributed by atoms with Crippen molar-refractivity contribution in [3.63, 3.8) is 0 Å². The van der Waals surface area contributed by atoms with E-state index in [0.717, 1.165) is 5.56 Å². The molecule has 1 amide bonds. The Kier molecular flexibility index (Phi) is 6.97. The molecule has 0 saturated heterocycles. The van der Waals surface area contributed by atoms with E-state index >= 15 is 0 Å². The molecule has 3 rings (SSSR count). The smallest absolute Gasteiger partial charge is 0.261 e. The standard InChI is InChI=1S/C22H23N3O5S2/c1-16-7-11-18(15-21(16)25-32(29,30)20-5-3-2-4-6-20)24-22(26)14-10-17-8-12-19(13-9-17)31(23,27)28/h2-9,11-13,15,25H,10,14H2,1H3,(H,24,26)(H2,23,27,28). The van der Waals surface area contributed by atoms with Gasteiger partial charge in [0.05, 0.1) is 15.5 Å². The van der Waals surface area contributed by atoms with Crippen molar-refractivity contribution in [1.82, 2.24) is 0 Å². The molecule has 0 saturated carbocycles. The van der Waals surface area contributed by atoms with Gasteiger partial charge in [-0.25, -0.2) is 22.0 Å². The SMILES string of the molecule is Cc1ccc(NC(=O)CCc2ccc(S(N)(=O)=O)cc2)cc1NS(=O)(=O)c1ccccc1. The van der Waals surface area contributed by atoms with E-state index in [0.29, 0.717) is 23.4 Å². The van der Waals surface area contributed by atoms with E-state index in [2.05, 4.69) is 10.0 Å². The van der Waals surface area contributed by atoms with Gasteiger partial charge < -0.3 is 5.32 Å². The average Bonchev–Trinajstić information content (AvgIpc) is 2.75. The molecule has 0 radical (unpaired) electrons. The van der Waals surface area contributed by atoms with Gasteiger partial charge in [0.15, 0.2) is 0 Å². The van der Waals surface area contributed by atoms with Crippen LogP contribution < -0.4 is 15.2 Å². The van der Waals surface area contributed by atoms with E-state index in [1.165, 1.54) is 24.3 Å². The first kappa shape index (κ1) is 23.5. The second kappa shape index (κ2) is 9.51. The van der Waals surface area contributed by atoms with Crippen molar-refractivity contribution in [1.29, 1.82) is 0 Å². The maximum atomic E-state index is 12.6. The molecule has 10 heteroatoms. The highest BCUT2D eigenvalue weighted by atomic mass is 32.2. The highest BCUT2D eigenvalue weighted by Gasteiger charge is 2.15. The molecule has 0 bridgehead atoms. The third-order valence-corrected chi connectivity index (χ3v) is 7.02. The number of hydrogen-bond acceptors (Lipinski definition) is 5. The topological polar surface area (TPSA) is 135 Å². The maximum absolute atomic E-state index is 12.6. The lowest BCUT2D eigenvalue weighted by Gasteiger charge is -2.13. The Labute approximate surface area is 187 Å². The quantitative estimate of drug-likeness (QED) is 0.462. The van der Waals surface area contributed by atoms with Crippen LogP contribution in [0.5, 0.6) is 0 Å². The summed E-state index contributed by atoms with van der Waals surface area (Å²) in [6, 6.07) is 19.0. The second-order valence-electron chi connectivity index (χ2n) is 7.19. The predicted molar refractivity (Wildman–Crippen MR) is 123 cm³/mol. The zero-order valence-corrected chi connectivity index (χ0v) is 18.9. The fourth-order valence-corrected chi connectivity index (χ4v) is 4.60. The van der Waals surface area contributed by atoms with Crippen LogP contribution in [-0.2, 0) is 31.3 Å². The molecule has 0 fully saturated rings. The highest BCUT2D eigenvalue weighted by Crippen LogP contribution is 2.24. The molecule has 168 valence electrons. The molecular weight excluding hydrogens is 450 g/mol. The molecule has 3 aromatic rings. The Morgan fingerprint density at radius 3 is 2.16 bits per heavy atom. The number of carbonyl (C=O) groups excluding carboxylic acids is 1. The molecule has 0 aromatic heterocycles. The van der Waals surface area contributed by atoms with Crippen LogP contribution >= 0.6 is 0 Å². The number of nitrogens with one attached hydrogen (secondary N) is 2. The molecule has 0 atom stereocenters. The van der Waals surface area contributed by atoms with Crippen molar-refractivity contribution in [2.24, 2.45) is 5.14 Å². The van der Waals surface area contributed by atoms with Crippen molar-refractivity contribution in [2.45, 2.75) is 29.6 Å². The van der Waals surface area contributed by atoms with Crippen LogP contribution in [0.2, 0.25) is 0 Å². The number of nitrogens with two attached hydrogens (primary N) is 1. The third kappa shape index (κ3) is 6.16. The van der Waals surface area contributed by atoms with Gasteiger partial charge in [-0.15, -0.1) is 0 Å². The number of amides is 1. The summed E-state index contributed by atoms with van der Waals surface area (Å²) < 4.78 is 50.3. The largest absolute Gasteiger partial charge is 0.326 e. The lowest BCUT2D eigenvalue weighted by atomic mass is 10.1. The third-order valence-electron chi connectivity index (χ3n) is 4.71. The highest BCUT2D eigenvalue weighted by molar-refractivity contribution is 7.92. The van der Waals surface area contributed by atoms with Crippen LogP contribution in [0, 0.1) is 6.92 Å². The molecule has 32 heavy (non-hydrogen) atoms. The lowest BCUT2D eigenvalue weighted by Crippen LogP contribution is -2.15. The number of carbonyl (C=O) groups is 1. The van der Waals surface area contributed by atoms with E-state index in [1.54, 1.807) is 55.5 Å². The van der Waals surface area contributed by atoms with Crippen molar-refractivity contribution >= 4 is 37.3 Å². The molecular formula is C22H23N3O5S2. The normalized spacial score (nSPS) is 11.7. The van der Waals surface area contributed by atoms with E-state index in [1.807, 2.05) is 0 Å². The summed E-state index contributed by atoms with van der Waals surface area (Å²) in [5.74, 6) is -0.263. The summed E-state index contributed by atoms with van der Waals surface area (Å²) in [7, 11) is -7.51. The zero-order valence-electron chi connectivity index (χ0n) is 17.3. The Morgan fingerprint density at radius 1 is 0.875 bits per heavy atom. The van der Waals surface area contributed by atoms with Crippen molar-refractivity contribution in [3.05, 3.63) is 83.9 Å². The maximum Gasteiger partial charge on any atom is 0.261 e. The number of hydrogen-bond donors (Lipinski definition) is 3. The van der Waals surface area contributed by atoms with Gasteiger partial charge in [-0.2, -0.15) is 0 Å². The zero-order chi connectivity index (χ0) is 23.4. The summed E-state index contributed by atoms with van der Waals surface area (Å²) >= 11 is 0. The Hall–Kier alpha value is -3.21. The van der Waals surface area contributed by atoms with Crippen molar-refractivity contribution < 1.29 is 21.6 Å². The first-order valence-corrected chi connectivity index (χ1v) is 12.7. The average molecular weight is 474 g/mol. The number of aryl methyl sites for hydroxylation is 2. The number of sulfonamides is 2. The second-order valence-corrected chi connectivity index (χ2v) is 10.4. The van der Waals surface area contributed by atoms with Crippen LogP contribution in [0.1, 0.15) is 17.5 Å². The van der Waals surface area contributed by atoms with Gasteiger partial charge in [0.25, 0.3) is 10.0 Å². The number of benzene rings is 3. The summed E-state index contributed by atoms with van der Waals surface area (Å²) in [5.41, 5.74) is 2.31. The van der Waals surface area contributed by atoms with Crippen LogP contribution in [0.15, 0.2) is 82.6 Å². The van der Waals surface area contributed by atoms with Gasteiger partial charge in [0.1, 0.15) is 0 Å². The molecule has 4 N–H and O–H groups in total. The molecule has 0 aliphatic heterocycles. The first-order valence-electron chi connectivity index (χ1n) is 9.65. The number of rotatable bonds is 8. The fraction of sp³-hybridized carbons (Fsp3) is 0.136. The summed E-state index contributed by atoms with van der Waals surface area (Å²) in [6.45, 7) is 1.76. The monoisotopic (exact) mass is 473 g/mol. The van der Waals surface area contributed by atoms with Crippen molar-refractivity contribution in [2.75, 3.05) is 10.0 Å². The van der Waals surface area contributed by atoms with Gasteiger partial charge in [-0.1, -0.05) is 36.4 Å². The van der Waals surface area contributed by atoms with Gasteiger partial charge >= 0.3 is 0 Å². The molecule has 0 spiro atoms. The Morgan fingerprint density at radius 2 is 1.53 bits per heavy atom. The van der Waals surface area contributed by atoms with E-state index < -0.39 is 20.0 Å². The molecule has 8 nitrogen and oxygen atoms in total. The van der Waals surface area contributed by atoms with Gasteiger partial charge in [0, 0.05) is 12.1 Å². The summed E-state index contributed by atoms with van der Waals surface area (Å²) in [4.78, 5) is 12.5. The molecule has 0 aliphatic carbocycles. The fourth-order valence-electron chi connectivity index (χ4n) is 2.94. The molecule has 3 aromatic carbocycles. The van der Waals surface area contributed by atoms with Crippen LogP contribution in [-0.4, -0.2) is 22.7 Å². The van der Waals surface area contributed by atoms with Crippen LogP contribution in [0.25, 0.3) is 0 Å². The van der Waals surface area contributed by atoms with E-state index in [9.17, 15) is 21.6 Å². The number of anilines is 2. The van der Waals surface area contributed by atoms with Crippen molar-refractivity contribution in [3.8, 4) is 0 Å². The summed E-state index contributed by atoms with van der Waals surface area (Å²) in [5, 5.41) is 7.83. The number of primary sulfonamides is 1. The minimum atomic E-state index is -3.76. The van der Waals surface area contributed by atoms with E-state index in [4.69, 9.17) is 5.14 Å².